The Hall–Kier alpha value is -2.48. The number of nitro groups is 1. The average molecular weight is 290 g/mol. The van der Waals surface area contributed by atoms with Crippen molar-refractivity contribution in [3.05, 3.63) is 34.1 Å². The number of nitro benzene ring substituents is 1. The molecule has 1 aliphatic heterocycles. The summed E-state index contributed by atoms with van der Waals surface area (Å²) < 4.78 is 10.5. The Balaban J connectivity index is 1.82. The van der Waals surface area contributed by atoms with Crippen molar-refractivity contribution in [2.24, 2.45) is 5.92 Å². The molecule has 2 aromatic rings. The van der Waals surface area contributed by atoms with Gasteiger partial charge in [-0.2, -0.15) is 4.98 Å². The first kappa shape index (κ1) is 13.5. The second-order valence-electron chi connectivity index (χ2n) is 4.98. The Morgan fingerprint density at radius 2 is 2.33 bits per heavy atom. The maximum atomic E-state index is 10.9. The van der Waals surface area contributed by atoms with E-state index in [1.165, 1.54) is 12.1 Å². The van der Waals surface area contributed by atoms with E-state index in [0.717, 1.165) is 13.0 Å². The summed E-state index contributed by atoms with van der Waals surface area (Å²) in [7, 11) is 0. The second-order valence-corrected chi connectivity index (χ2v) is 4.98. The molecule has 0 aliphatic carbocycles. The molecule has 0 spiro atoms. The van der Waals surface area contributed by atoms with E-state index in [1.807, 2.05) is 0 Å². The van der Waals surface area contributed by atoms with Gasteiger partial charge < -0.3 is 15.0 Å². The first-order chi connectivity index (χ1) is 10.1. The third-order valence-corrected chi connectivity index (χ3v) is 3.44. The Labute approximate surface area is 120 Å². The van der Waals surface area contributed by atoms with Crippen LogP contribution in [0.15, 0.2) is 22.7 Å². The predicted octanol–water partition coefficient (Wildman–Crippen LogP) is 1.81. The van der Waals surface area contributed by atoms with Gasteiger partial charge in [0.25, 0.3) is 11.6 Å². The van der Waals surface area contributed by atoms with Crippen molar-refractivity contribution < 1.29 is 14.2 Å². The minimum absolute atomic E-state index is 0.103. The Morgan fingerprint density at radius 3 is 3.05 bits per heavy atom. The van der Waals surface area contributed by atoms with Crippen molar-refractivity contribution in [2.45, 2.75) is 12.8 Å². The maximum absolute atomic E-state index is 10.9. The zero-order chi connectivity index (χ0) is 14.8. The van der Waals surface area contributed by atoms with E-state index in [-0.39, 0.29) is 17.3 Å². The highest BCUT2D eigenvalue weighted by molar-refractivity contribution is 5.67. The highest BCUT2D eigenvalue weighted by Crippen LogP contribution is 2.28. The molecule has 8 heteroatoms. The predicted molar refractivity (Wildman–Crippen MR) is 73.4 cm³/mol. The third kappa shape index (κ3) is 2.84. The lowest BCUT2D eigenvalue weighted by Crippen LogP contribution is -2.04. The van der Waals surface area contributed by atoms with Gasteiger partial charge in [-0.1, -0.05) is 5.16 Å². The average Bonchev–Trinajstić information content (AvgIpc) is 3.11. The fourth-order valence-corrected chi connectivity index (χ4v) is 2.29. The molecule has 3 rings (SSSR count). The minimum atomic E-state index is -0.536. The largest absolute Gasteiger partial charge is 0.393 e. The monoisotopic (exact) mass is 290 g/mol. The van der Waals surface area contributed by atoms with Crippen LogP contribution >= 0.6 is 0 Å². The van der Waals surface area contributed by atoms with E-state index >= 15 is 0 Å². The van der Waals surface area contributed by atoms with Gasteiger partial charge in [-0.15, -0.1) is 0 Å². The number of hydrogen-bond acceptors (Lipinski definition) is 7. The fraction of sp³-hybridized carbons (Fsp3) is 0.385. The summed E-state index contributed by atoms with van der Waals surface area (Å²) in [5.74, 6) is 1.24. The lowest BCUT2D eigenvalue weighted by molar-refractivity contribution is -0.383. The molecule has 0 bridgehead atoms. The lowest BCUT2D eigenvalue weighted by atomic mass is 10.1. The van der Waals surface area contributed by atoms with Gasteiger partial charge in [-0.25, -0.2) is 0 Å². The zero-order valence-corrected chi connectivity index (χ0v) is 11.2. The van der Waals surface area contributed by atoms with Crippen molar-refractivity contribution in [3.8, 4) is 11.5 Å². The first-order valence-electron chi connectivity index (χ1n) is 6.58. The summed E-state index contributed by atoms with van der Waals surface area (Å²) in [6.07, 6.45) is 1.66. The van der Waals surface area contributed by atoms with Gasteiger partial charge in [0.05, 0.1) is 4.92 Å². The molecule has 110 valence electrons. The van der Waals surface area contributed by atoms with Crippen molar-refractivity contribution in [1.82, 2.24) is 10.1 Å². The SMILES string of the molecule is Nc1ccc(-c2nc(CC3CCOC3)no2)cc1[N+](=O)[O-]. The molecule has 1 fully saturated rings. The van der Waals surface area contributed by atoms with Gasteiger partial charge in [0.2, 0.25) is 0 Å². The van der Waals surface area contributed by atoms with Crippen LogP contribution in [0.2, 0.25) is 0 Å². The number of rotatable bonds is 4. The number of benzene rings is 1. The summed E-state index contributed by atoms with van der Waals surface area (Å²) in [5.41, 5.74) is 5.98. The quantitative estimate of drug-likeness (QED) is 0.518. The molecule has 1 aromatic carbocycles. The van der Waals surface area contributed by atoms with Gasteiger partial charge in [0.1, 0.15) is 5.69 Å². The van der Waals surface area contributed by atoms with Crippen molar-refractivity contribution in [2.75, 3.05) is 18.9 Å². The Bertz CT molecular complexity index is 664. The van der Waals surface area contributed by atoms with Crippen LogP contribution in [-0.4, -0.2) is 28.3 Å². The first-order valence-corrected chi connectivity index (χ1v) is 6.58. The summed E-state index contributed by atoms with van der Waals surface area (Å²) >= 11 is 0. The second kappa shape index (κ2) is 5.49. The van der Waals surface area contributed by atoms with Crippen molar-refractivity contribution in [3.63, 3.8) is 0 Å². The van der Waals surface area contributed by atoms with Crippen LogP contribution in [0.4, 0.5) is 11.4 Å². The van der Waals surface area contributed by atoms with Crippen molar-refractivity contribution in [1.29, 1.82) is 0 Å². The van der Waals surface area contributed by atoms with Crippen LogP contribution in [0.1, 0.15) is 12.2 Å². The van der Waals surface area contributed by atoms with E-state index in [0.29, 0.717) is 30.3 Å². The highest BCUT2D eigenvalue weighted by Gasteiger charge is 2.20. The summed E-state index contributed by atoms with van der Waals surface area (Å²) in [6, 6.07) is 4.42. The van der Waals surface area contributed by atoms with Crippen molar-refractivity contribution >= 4 is 11.4 Å². The maximum Gasteiger partial charge on any atom is 0.292 e. The molecule has 1 aromatic heterocycles. The molecule has 1 atom stereocenters. The van der Waals surface area contributed by atoms with Crippen LogP contribution in [0.3, 0.4) is 0 Å². The molecular weight excluding hydrogens is 276 g/mol. The minimum Gasteiger partial charge on any atom is -0.393 e. The molecule has 0 amide bonds. The topological polar surface area (TPSA) is 117 Å². The van der Waals surface area contributed by atoms with E-state index in [1.54, 1.807) is 6.07 Å². The summed E-state index contributed by atoms with van der Waals surface area (Å²) in [6.45, 7) is 1.47. The van der Waals surface area contributed by atoms with Crippen LogP contribution in [-0.2, 0) is 11.2 Å². The molecule has 8 nitrogen and oxygen atoms in total. The van der Waals surface area contributed by atoms with E-state index in [9.17, 15) is 10.1 Å². The van der Waals surface area contributed by atoms with Gasteiger partial charge in [0, 0.05) is 31.3 Å². The number of hydrogen-bond donors (Lipinski definition) is 1. The smallest absolute Gasteiger partial charge is 0.292 e. The molecule has 0 radical (unpaired) electrons. The Morgan fingerprint density at radius 1 is 1.48 bits per heavy atom. The van der Waals surface area contributed by atoms with Crippen LogP contribution in [0.25, 0.3) is 11.5 Å². The Kier molecular flexibility index (Phi) is 3.53. The summed E-state index contributed by atoms with van der Waals surface area (Å²) in [4.78, 5) is 14.6. The number of nitrogen functional groups attached to an aromatic ring is 1. The van der Waals surface area contributed by atoms with Gasteiger partial charge in [-0.05, 0) is 24.5 Å². The molecule has 2 N–H and O–H groups in total. The molecule has 2 heterocycles. The van der Waals surface area contributed by atoms with Crippen LogP contribution in [0.5, 0.6) is 0 Å². The normalized spacial score (nSPS) is 18.0. The standard InChI is InChI=1S/C13H14N4O4/c14-10-2-1-9(6-11(10)17(18)19)13-15-12(16-21-13)5-8-3-4-20-7-8/h1-2,6,8H,3-5,7,14H2. The third-order valence-electron chi connectivity index (χ3n) is 3.44. The highest BCUT2D eigenvalue weighted by atomic mass is 16.6. The molecule has 1 saturated heterocycles. The van der Waals surface area contributed by atoms with Gasteiger partial charge in [-0.3, -0.25) is 10.1 Å². The zero-order valence-electron chi connectivity index (χ0n) is 11.2. The van der Waals surface area contributed by atoms with Gasteiger partial charge in [0.15, 0.2) is 5.82 Å². The number of anilines is 1. The van der Waals surface area contributed by atoms with Crippen LogP contribution in [0, 0.1) is 16.0 Å². The number of aromatic nitrogens is 2. The number of nitrogens with zero attached hydrogens (tertiary/aromatic N) is 3. The van der Waals surface area contributed by atoms with E-state index < -0.39 is 4.92 Å². The molecule has 21 heavy (non-hydrogen) atoms. The molecule has 1 aliphatic rings. The number of nitrogens with two attached hydrogens (primary N) is 1. The van der Waals surface area contributed by atoms with E-state index in [4.69, 9.17) is 15.0 Å². The van der Waals surface area contributed by atoms with Gasteiger partial charge >= 0.3 is 0 Å². The molecular formula is C13H14N4O4. The lowest BCUT2D eigenvalue weighted by Gasteiger charge is -2.01. The molecule has 0 saturated carbocycles. The van der Waals surface area contributed by atoms with Crippen LogP contribution < -0.4 is 5.73 Å². The summed E-state index contributed by atoms with van der Waals surface area (Å²) in [5, 5.41) is 14.8. The fourth-order valence-electron chi connectivity index (χ4n) is 2.29. The molecule has 1 unspecified atom stereocenters. The van der Waals surface area contributed by atoms with E-state index in [2.05, 4.69) is 10.1 Å². The number of ether oxygens (including phenoxy) is 1.